The number of benzene rings is 4. The summed E-state index contributed by atoms with van der Waals surface area (Å²) in [4.78, 5) is 69.5. The number of imide groups is 1. The molecule has 0 bridgehead atoms. The van der Waals surface area contributed by atoms with E-state index in [9.17, 15) is 24.0 Å². The van der Waals surface area contributed by atoms with Crippen LogP contribution in [0.3, 0.4) is 0 Å². The maximum atomic E-state index is 16.3. The van der Waals surface area contributed by atoms with Gasteiger partial charge in [-0.25, -0.2) is 4.39 Å². The molecular formula is C50H49Cl2FN6O6. The summed E-state index contributed by atoms with van der Waals surface area (Å²) >= 11 is 12.9. The van der Waals surface area contributed by atoms with Crippen LogP contribution in [0.4, 0.5) is 15.8 Å². The van der Waals surface area contributed by atoms with Crippen molar-refractivity contribution in [2.45, 2.75) is 82.5 Å². The van der Waals surface area contributed by atoms with Crippen molar-refractivity contribution in [1.82, 2.24) is 20.4 Å². The van der Waals surface area contributed by atoms with E-state index in [4.69, 9.17) is 27.9 Å². The Labute approximate surface area is 386 Å². The summed E-state index contributed by atoms with van der Waals surface area (Å²) in [7, 11) is 1.47. The van der Waals surface area contributed by atoms with Crippen molar-refractivity contribution in [2.24, 2.45) is 11.3 Å². The lowest BCUT2D eigenvalue weighted by atomic mass is 9.63. The fourth-order valence-electron chi connectivity index (χ4n) is 10.5. The van der Waals surface area contributed by atoms with Crippen LogP contribution in [0.25, 0.3) is 0 Å². The zero-order chi connectivity index (χ0) is 45.9. The molecule has 0 aromatic heterocycles. The molecule has 3 fully saturated rings. The van der Waals surface area contributed by atoms with E-state index in [1.807, 2.05) is 24.3 Å². The molecule has 0 radical (unpaired) electrons. The minimum atomic E-state index is -0.908. The van der Waals surface area contributed by atoms with E-state index in [-0.39, 0.29) is 65.3 Å². The quantitative estimate of drug-likeness (QED) is 0.112. The molecule has 6 atom stereocenters. The van der Waals surface area contributed by atoms with Crippen molar-refractivity contribution in [3.8, 4) is 17.6 Å². The van der Waals surface area contributed by atoms with E-state index < -0.39 is 41.0 Å². The lowest BCUT2D eigenvalue weighted by Gasteiger charge is -2.39. The van der Waals surface area contributed by atoms with E-state index in [1.54, 1.807) is 47.4 Å². The number of amides is 5. The number of likely N-dealkylation sites (tertiary alicyclic amines) is 1. The Morgan fingerprint density at radius 1 is 1.02 bits per heavy atom. The second kappa shape index (κ2) is 17.1. The Hall–Kier alpha value is -5.94. The Morgan fingerprint density at radius 3 is 2.58 bits per heavy atom. The van der Waals surface area contributed by atoms with Gasteiger partial charge in [-0.1, -0.05) is 80.1 Å². The molecule has 4 aromatic carbocycles. The molecule has 5 amide bonds. The third-order valence-corrected chi connectivity index (χ3v) is 14.1. The molecule has 9 rings (SSSR count). The maximum absolute atomic E-state index is 16.3. The van der Waals surface area contributed by atoms with Crippen LogP contribution in [0.2, 0.25) is 10.0 Å². The summed E-state index contributed by atoms with van der Waals surface area (Å²) in [5.74, 6) is 3.76. The molecule has 0 aliphatic carbocycles. The van der Waals surface area contributed by atoms with Gasteiger partial charge in [-0.2, -0.15) is 0 Å². The predicted octanol–water partition coefficient (Wildman–Crippen LogP) is 7.28. The summed E-state index contributed by atoms with van der Waals surface area (Å²) in [6, 6.07) is 18.9. The molecule has 0 saturated carbocycles. The third-order valence-electron chi connectivity index (χ3n) is 13.5. The number of hydrogen-bond donors (Lipinski definition) is 4. The molecule has 5 aliphatic heterocycles. The maximum Gasteiger partial charge on any atom is 0.255 e. The number of fused-ring (bicyclic) bond motifs is 3. The van der Waals surface area contributed by atoms with Crippen molar-refractivity contribution in [1.29, 1.82) is 0 Å². The summed E-state index contributed by atoms with van der Waals surface area (Å²) in [6.07, 6.45) is 1.76. The number of carbonyl (C=O) groups is 5. The number of carbonyl (C=O) groups excluding carboxylic acids is 5. The zero-order valence-corrected chi connectivity index (χ0v) is 38.0. The Balaban J connectivity index is 0.929. The number of halogens is 3. The topological polar surface area (TPSA) is 149 Å². The van der Waals surface area contributed by atoms with Gasteiger partial charge in [0.25, 0.3) is 11.8 Å². The summed E-state index contributed by atoms with van der Waals surface area (Å²) in [5, 5.41) is 13.1. The monoisotopic (exact) mass is 918 g/mol. The average Bonchev–Trinajstić information content (AvgIpc) is 4.05. The Bertz CT molecular complexity index is 2730. The molecule has 1 spiro atoms. The van der Waals surface area contributed by atoms with Gasteiger partial charge in [-0.15, -0.1) is 0 Å². The SMILES string of the molecule is COc1cc(C(=O)N2CC[C@H](C#Cc3cccc4c3CN(C3CCC(=O)NC3=O)C4=O)C2)ccc1NC(=O)[C@@H]1N[C@@H](CC(C)(C)C)[C@@]2(CNc3cc(Cl)ccc32)[C@H]1c1cccc(Cl)c1F. The van der Waals surface area contributed by atoms with Gasteiger partial charge in [0.1, 0.15) is 17.6 Å². The van der Waals surface area contributed by atoms with Crippen molar-refractivity contribution in [3.63, 3.8) is 0 Å². The smallest absolute Gasteiger partial charge is 0.255 e. The molecule has 15 heteroatoms. The number of piperidine rings is 1. The first-order valence-electron chi connectivity index (χ1n) is 21.9. The standard InChI is InChI=1S/C50H49Cl2FN6O6/c1-49(2,3)23-40-50(26-54-37-22-30(51)14-15-34(37)50)42(32-9-6-10-35(52)43(32)53)44(56-40)46(62)55-36-16-13-29(21-39(36)65-4)47(63)58-20-19-27(24-58)11-12-28-7-5-8-31-33(28)25-59(48(31)64)38-17-18-41(60)57-45(38)61/h5-10,13-16,21-22,27,38,40,42,44,54,56H,17-20,23-26H2,1-4H3,(H,55,62)(H,57,60,61)/t27-,38?,40-,42-,44+,50-/m0/s1. The predicted molar refractivity (Wildman–Crippen MR) is 246 cm³/mol. The van der Waals surface area contributed by atoms with Gasteiger partial charge in [0.05, 0.1) is 23.9 Å². The number of nitrogens with one attached hydrogen (secondary N) is 4. The van der Waals surface area contributed by atoms with Crippen LogP contribution in [-0.4, -0.2) is 84.2 Å². The molecule has 4 N–H and O–H groups in total. The normalized spacial score (nSPS) is 24.6. The summed E-state index contributed by atoms with van der Waals surface area (Å²) in [5.41, 5.74) is 3.81. The number of nitrogens with zero attached hydrogens (tertiary/aromatic N) is 2. The number of rotatable bonds is 7. The van der Waals surface area contributed by atoms with Gasteiger partial charge < -0.3 is 30.5 Å². The van der Waals surface area contributed by atoms with E-state index in [0.29, 0.717) is 65.4 Å². The highest BCUT2D eigenvalue weighted by atomic mass is 35.5. The second-order valence-electron chi connectivity index (χ2n) is 18.8. The highest BCUT2D eigenvalue weighted by Gasteiger charge is 2.61. The number of ether oxygens (including phenoxy) is 1. The van der Waals surface area contributed by atoms with Gasteiger partial charge in [0.2, 0.25) is 17.7 Å². The molecule has 5 aliphatic rings. The van der Waals surface area contributed by atoms with E-state index in [0.717, 1.165) is 16.8 Å². The van der Waals surface area contributed by atoms with E-state index in [1.165, 1.54) is 18.1 Å². The zero-order valence-electron chi connectivity index (χ0n) is 36.4. The summed E-state index contributed by atoms with van der Waals surface area (Å²) < 4.78 is 22.1. The molecule has 336 valence electrons. The molecule has 65 heavy (non-hydrogen) atoms. The van der Waals surface area contributed by atoms with E-state index in [2.05, 4.69) is 53.9 Å². The first-order valence-corrected chi connectivity index (χ1v) is 22.6. The van der Waals surface area contributed by atoms with Crippen LogP contribution in [0.5, 0.6) is 5.75 Å². The van der Waals surface area contributed by atoms with Crippen molar-refractivity contribution in [2.75, 3.05) is 37.4 Å². The van der Waals surface area contributed by atoms with Crippen LogP contribution in [0, 0.1) is 29.0 Å². The first-order chi connectivity index (χ1) is 31.1. The number of anilines is 2. The Kier molecular flexibility index (Phi) is 11.7. The molecule has 12 nitrogen and oxygen atoms in total. The highest BCUT2D eigenvalue weighted by Crippen LogP contribution is 2.57. The molecule has 5 heterocycles. The van der Waals surface area contributed by atoms with Crippen LogP contribution in [0.15, 0.2) is 72.8 Å². The highest BCUT2D eigenvalue weighted by molar-refractivity contribution is 6.31. The van der Waals surface area contributed by atoms with Crippen molar-refractivity contribution >= 4 is 64.1 Å². The van der Waals surface area contributed by atoms with Gasteiger partial charge in [-0.3, -0.25) is 29.3 Å². The van der Waals surface area contributed by atoms with Crippen LogP contribution >= 0.6 is 23.2 Å². The van der Waals surface area contributed by atoms with E-state index >= 15 is 4.39 Å². The molecule has 1 unspecified atom stereocenters. The lowest BCUT2D eigenvalue weighted by Crippen LogP contribution is -2.52. The van der Waals surface area contributed by atoms with Crippen molar-refractivity contribution < 1.29 is 33.1 Å². The van der Waals surface area contributed by atoms with Gasteiger partial charge in [0, 0.05) is 83.3 Å². The molecular weight excluding hydrogens is 870 g/mol. The summed E-state index contributed by atoms with van der Waals surface area (Å²) in [6.45, 7) is 7.93. The molecule has 4 aromatic rings. The fraction of sp³-hybridized carbons (Fsp3) is 0.380. The van der Waals surface area contributed by atoms with Crippen LogP contribution in [-0.2, 0) is 26.3 Å². The number of hydrogen-bond acceptors (Lipinski definition) is 8. The number of methoxy groups -OCH3 is 1. The van der Waals surface area contributed by atoms with Gasteiger partial charge in [-0.05, 0) is 89.9 Å². The largest absolute Gasteiger partial charge is 0.495 e. The first kappa shape index (κ1) is 44.3. The minimum Gasteiger partial charge on any atom is -0.495 e. The minimum absolute atomic E-state index is 0.0335. The fourth-order valence-corrected chi connectivity index (χ4v) is 10.9. The average molecular weight is 920 g/mol. The van der Waals surface area contributed by atoms with Gasteiger partial charge in [0.15, 0.2) is 0 Å². The van der Waals surface area contributed by atoms with Gasteiger partial charge >= 0.3 is 0 Å². The lowest BCUT2D eigenvalue weighted by molar-refractivity contribution is -0.137. The molecule has 3 saturated heterocycles. The van der Waals surface area contributed by atoms with Crippen molar-refractivity contribution in [3.05, 3.63) is 122 Å². The second-order valence-corrected chi connectivity index (χ2v) is 19.7. The third kappa shape index (κ3) is 8.10. The van der Waals surface area contributed by atoms with Crippen LogP contribution in [0.1, 0.15) is 95.3 Å². The van der Waals surface area contributed by atoms with Crippen LogP contribution < -0.4 is 26.0 Å². The Morgan fingerprint density at radius 2 is 1.82 bits per heavy atom.